The fraction of sp³-hybridized carbons (Fsp3) is 0.724. The van der Waals surface area contributed by atoms with Crippen molar-refractivity contribution in [2.45, 2.75) is 83.8 Å². The molecule has 4 saturated carbocycles. The number of Topliss-reactive ketones (excluding diaryl/α,β-unsaturated/α-hetero) is 1. The minimum atomic E-state index is -1.07. The van der Waals surface area contributed by atoms with E-state index in [0.717, 1.165) is 42.3 Å². The first-order valence-corrected chi connectivity index (χ1v) is 13.6. The minimum absolute atomic E-state index is 0.0971. The van der Waals surface area contributed by atoms with Crippen molar-refractivity contribution >= 4 is 16.7 Å². The van der Waals surface area contributed by atoms with E-state index in [4.69, 9.17) is 5.10 Å². The second-order valence-corrected chi connectivity index (χ2v) is 12.4. The molecule has 1 heterocycles. The van der Waals surface area contributed by atoms with Crippen LogP contribution in [0.5, 0.6) is 0 Å². The van der Waals surface area contributed by atoms with Gasteiger partial charge in [-0.15, -0.1) is 0 Å². The van der Waals surface area contributed by atoms with E-state index in [1.54, 1.807) is 0 Å². The van der Waals surface area contributed by atoms with Gasteiger partial charge in [0.2, 0.25) is 0 Å². The molecule has 0 radical (unpaired) electrons. The number of carbonyl (C=O) groups is 1. The van der Waals surface area contributed by atoms with E-state index in [2.05, 4.69) is 19.9 Å². The molecular weight excluding hydrogens is 427 g/mol. The number of aryl methyl sites for hydroxylation is 1. The van der Waals surface area contributed by atoms with E-state index in [1.165, 1.54) is 19.3 Å². The zero-order valence-corrected chi connectivity index (χ0v) is 20.7. The first-order valence-electron chi connectivity index (χ1n) is 13.6. The molecule has 4 fully saturated rings. The van der Waals surface area contributed by atoms with Gasteiger partial charge in [-0.3, -0.25) is 9.48 Å². The predicted molar refractivity (Wildman–Crippen MR) is 131 cm³/mol. The van der Waals surface area contributed by atoms with Gasteiger partial charge in [-0.25, -0.2) is 4.39 Å². The summed E-state index contributed by atoms with van der Waals surface area (Å²) in [6, 6.07) is 8.14. The smallest absolute Gasteiger partial charge is 0.157 e. The number of carbonyl (C=O) groups excluding carboxylic acids is 1. The highest BCUT2D eigenvalue weighted by Crippen LogP contribution is 2.64. The normalized spacial score (nSPS) is 41.6. The lowest BCUT2D eigenvalue weighted by molar-refractivity contribution is -0.134. The van der Waals surface area contributed by atoms with Crippen molar-refractivity contribution in [3.05, 3.63) is 30.0 Å². The minimum Gasteiger partial charge on any atom is -0.387 e. The Labute approximate surface area is 202 Å². The predicted octanol–water partition coefficient (Wildman–Crippen LogP) is 5.88. The summed E-state index contributed by atoms with van der Waals surface area (Å²) in [6.45, 7) is 4.26. The molecule has 8 atom stereocenters. The van der Waals surface area contributed by atoms with E-state index in [9.17, 15) is 14.3 Å². The number of ketones is 1. The molecule has 0 spiro atoms. The monoisotopic (exact) mass is 466 g/mol. The Hall–Kier alpha value is -1.75. The number of aliphatic hydroxyl groups is 1. The van der Waals surface area contributed by atoms with Crippen molar-refractivity contribution in [2.24, 2.45) is 40.9 Å². The van der Waals surface area contributed by atoms with Crippen LogP contribution in [0.1, 0.15) is 70.4 Å². The highest BCUT2D eigenvalue weighted by Gasteiger charge is 2.59. The van der Waals surface area contributed by atoms with Crippen molar-refractivity contribution in [3.63, 3.8) is 0 Å². The van der Waals surface area contributed by atoms with Crippen LogP contribution in [0.25, 0.3) is 10.9 Å². The van der Waals surface area contributed by atoms with Gasteiger partial charge in [0.25, 0.3) is 0 Å². The van der Waals surface area contributed by atoms with Gasteiger partial charge in [0.15, 0.2) is 5.78 Å². The SMILES string of the molecule is Cc1c2ccccc2nn1CC(=O)[C@H]1CC[C@H]2[C@@H]3CC[C@@H]4C[C@@](O)(CF)CC[C@@H]4[C@H]3CC[C@]12C. The summed E-state index contributed by atoms with van der Waals surface area (Å²) < 4.78 is 15.4. The average Bonchev–Trinajstić information content (AvgIpc) is 3.35. The molecule has 4 aliphatic rings. The average molecular weight is 467 g/mol. The van der Waals surface area contributed by atoms with E-state index in [1.807, 2.05) is 22.9 Å². The lowest BCUT2D eigenvalue weighted by atomic mass is 9.49. The molecule has 34 heavy (non-hydrogen) atoms. The summed E-state index contributed by atoms with van der Waals surface area (Å²) in [4.78, 5) is 13.7. The lowest BCUT2D eigenvalue weighted by Crippen LogP contribution is -2.52. The third-order valence-electron chi connectivity index (χ3n) is 11.0. The second-order valence-electron chi connectivity index (χ2n) is 12.4. The summed E-state index contributed by atoms with van der Waals surface area (Å²) in [5, 5.41) is 16.4. The molecular formula is C29H39FN2O2. The van der Waals surface area contributed by atoms with Crippen LogP contribution in [0.15, 0.2) is 24.3 Å². The molecule has 0 aliphatic heterocycles. The molecule has 2 aromatic rings. The quantitative estimate of drug-likeness (QED) is 0.612. The maximum absolute atomic E-state index is 13.7. The molecule has 184 valence electrons. The fourth-order valence-corrected chi connectivity index (χ4v) is 9.24. The number of alkyl halides is 1. The van der Waals surface area contributed by atoms with Crippen LogP contribution in [0, 0.1) is 47.8 Å². The van der Waals surface area contributed by atoms with Crippen molar-refractivity contribution in [1.29, 1.82) is 0 Å². The largest absolute Gasteiger partial charge is 0.387 e. The Kier molecular flexibility index (Phi) is 5.44. The number of rotatable bonds is 4. The van der Waals surface area contributed by atoms with Crippen LogP contribution in [-0.4, -0.2) is 32.9 Å². The zero-order valence-electron chi connectivity index (χ0n) is 20.7. The second kappa shape index (κ2) is 8.15. The highest BCUT2D eigenvalue weighted by atomic mass is 19.1. The molecule has 1 N–H and O–H groups in total. The number of nitrogens with zero attached hydrogens (tertiary/aromatic N) is 2. The topological polar surface area (TPSA) is 55.1 Å². The van der Waals surface area contributed by atoms with Crippen LogP contribution in [-0.2, 0) is 11.3 Å². The van der Waals surface area contributed by atoms with Gasteiger partial charge < -0.3 is 5.11 Å². The van der Waals surface area contributed by atoms with Crippen molar-refractivity contribution in [1.82, 2.24) is 9.78 Å². The highest BCUT2D eigenvalue weighted by molar-refractivity contribution is 5.84. The molecule has 0 unspecified atom stereocenters. The number of hydrogen-bond acceptors (Lipinski definition) is 3. The number of halogens is 1. The molecule has 0 saturated heterocycles. The molecule has 1 aromatic carbocycles. The van der Waals surface area contributed by atoms with Crippen LogP contribution in [0.4, 0.5) is 4.39 Å². The maximum atomic E-state index is 13.7. The molecule has 4 aliphatic carbocycles. The van der Waals surface area contributed by atoms with Gasteiger partial charge in [0.05, 0.1) is 11.1 Å². The van der Waals surface area contributed by atoms with Crippen LogP contribution in [0.2, 0.25) is 0 Å². The number of aromatic nitrogens is 2. The maximum Gasteiger partial charge on any atom is 0.157 e. The van der Waals surface area contributed by atoms with E-state index < -0.39 is 12.3 Å². The number of hydrogen-bond donors (Lipinski definition) is 1. The summed E-state index contributed by atoms with van der Waals surface area (Å²) in [5.74, 6) is 3.64. The molecule has 5 heteroatoms. The summed E-state index contributed by atoms with van der Waals surface area (Å²) in [5.41, 5.74) is 1.07. The van der Waals surface area contributed by atoms with Gasteiger partial charge in [0, 0.05) is 17.0 Å². The Morgan fingerprint density at radius 2 is 1.88 bits per heavy atom. The van der Waals surface area contributed by atoms with Gasteiger partial charge in [-0.1, -0.05) is 25.1 Å². The Balaban J connectivity index is 1.19. The Morgan fingerprint density at radius 1 is 1.09 bits per heavy atom. The van der Waals surface area contributed by atoms with Gasteiger partial charge in [-0.05, 0) is 106 Å². The number of benzene rings is 1. The van der Waals surface area contributed by atoms with E-state index >= 15 is 0 Å². The van der Waals surface area contributed by atoms with E-state index in [-0.39, 0.29) is 11.3 Å². The summed E-state index contributed by atoms with van der Waals surface area (Å²) in [7, 11) is 0. The molecule has 4 nitrogen and oxygen atoms in total. The van der Waals surface area contributed by atoms with Gasteiger partial charge >= 0.3 is 0 Å². The van der Waals surface area contributed by atoms with Crippen molar-refractivity contribution < 1.29 is 14.3 Å². The van der Waals surface area contributed by atoms with Gasteiger partial charge in [-0.2, -0.15) is 5.10 Å². The number of fused-ring (bicyclic) bond motifs is 6. The standard InChI is InChI=1S/C29H39FN2O2/c1-18-20-5-3-4-6-26(20)31-32(18)16-27(33)25-10-9-24-23-8-7-19-15-29(34,17-30)14-12-21(19)22(23)11-13-28(24,25)2/h3-6,19,21-25,34H,7-17H2,1-2H3/t19-,21+,22-,23-,24+,25-,28+,29-/m1/s1. The Morgan fingerprint density at radius 3 is 2.68 bits per heavy atom. The first kappa shape index (κ1) is 22.7. The van der Waals surface area contributed by atoms with Crippen LogP contribution in [0.3, 0.4) is 0 Å². The first-order chi connectivity index (χ1) is 16.3. The van der Waals surface area contributed by atoms with E-state index in [0.29, 0.717) is 54.8 Å². The fourth-order valence-electron chi connectivity index (χ4n) is 9.24. The third-order valence-corrected chi connectivity index (χ3v) is 11.0. The molecule has 0 amide bonds. The van der Waals surface area contributed by atoms with Gasteiger partial charge in [0.1, 0.15) is 13.2 Å². The molecule has 0 bridgehead atoms. The molecule has 6 rings (SSSR count). The van der Waals surface area contributed by atoms with Crippen molar-refractivity contribution in [3.8, 4) is 0 Å². The van der Waals surface area contributed by atoms with Crippen LogP contribution < -0.4 is 0 Å². The third kappa shape index (κ3) is 3.40. The summed E-state index contributed by atoms with van der Waals surface area (Å²) >= 11 is 0. The molecule has 1 aromatic heterocycles. The lowest BCUT2D eigenvalue weighted by Gasteiger charge is -2.57. The van der Waals surface area contributed by atoms with Crippen LogP contribution >= 0.6 is 0 Å². The Bertz CT molecular complexity index is 1100. The summed E-state index contributed by atoms with van der Waals surface area (Å²) in [6.07, 6.45) is 9.07. The zero-order chi connectivity index (χ0) is 23.7. The van der Waals surface area contributed by atoms with Crippen molar-refractivity contribution in [2.75, 3.05) is 6.67 Å².